The van der Waals surface area contributed by atoms with E-state index in [0.717, 1.165) is 0 Å². The van der Waals surface area contributed by atoms with E-state index >= 15 is 0 Å². The first-order valence-electron chi connectivity index (χ1n) is 5.31. The van der Waals surface area contributed by atoms with Crippen molar-refractivity contribution in [3.05, 3.63) is 47.8 Å². The van der Waals surface area contributed by atoms with E-state index in [1.807, 2.05) is 0 Å². The van der Waals surface area contributed by atoms with Crippen LogP contribution in [0.2, 0.25) is 0 Å². The third-order valence-electron chi connectivity index (χ3n) is 2.63. The molecular formula is C13H13N3O2. The van der Waals surface area contributed by atoms with E-state index in [2.05, 4.69) is 4.98 Å². The number of rotatable bonds is 3. The second kappa shape index (κ2) is 4.75. The van der Waals surface area contributed by atoms with E-state index in [4.69, 9.17) is 16.2 Å². The van der Waals surface area contributed by atoms with Gasteiger partial charge in [-0.3, -0.25) is 9.78 Å². The highest BCUT2D eigenvalue weighted by Crippen LogP contribution is 2.27. The number of benzene rings is 1. The van der Waals surface area contributed by atoms with Gasteiger partial charge in [0.1, 0.15) is 5.75 Å². The molecule has 0 atom stereocenters. The maximum atomic E-state index is 12.3. The predicted octanol–water partition coefficient (Wildman–Crippen LogP) is 1.49. The summed E-state index contributed by atoms with van der Waals surface area (Å²) in [5, 5.41) is 0. The number of ether oxygens (including phenoxy) is 1. The zero-order valence-electron chi connectivity index (χ0n) is 9.88. The summed E-state index contributed by atoms with van der Waals surface area (Å²) >= 11 is 0. The van der Waals surface area contributed by atoms with Crippen LogP contribution in [0.4, 0.5) is 11.4 Å². The molecule has 92 valence electrons. The highest BCUT2D eigenvalue weighted by molar-refractivity contribution is 6.15. The molecule has 1 heterocycles. The quantitative estimate of drug-likeness (QED) is 0.629. The van der Waals surface area contributed by atoms with Crippen LogP contribution in [-0.4, -0.2) is 17.9 Å². The number of pyridine rings is 1. The SMILES string of the molecule is COc1cccc(C(=O)c2cnccc2N)c1N. The number of carbonyl (C=O) groups is 1. The summed E-state index contributed by atoms with van der Waals surface area (Å²) in [5.41, 5.74) is 13.0. The molecule has 0 unspecified atom stereocenters. The Labute approximate surface area is 104 Å². The molecule has 0 saturated carbocycles. The molecule has 0 aliphatic rings. The lowest BCUT2D eigenvalue weighted by Gasteiger charge is -2.09. The van der Waals surface area contributed by atoms with Gasteiger partial charge in [-0.2, -0.15) is 0 Å². The Morgan fingerprint density at radius 3 is 2.67 bits per heavy atom. The molecule has 0 fully saturated rings. The fourth-order valence-electron chi connectivity index (χ4n) is 1.66. The fraction of sp³-hybridized carbons (Fsp3) is 0.0769. The van der Waals surface area contributed by atoms with Crippen molar-refractivity contribution in [1.82, 2.24) is 4.98 Å². The molecular weight excluding hydrogens is 230 g/mol. The zero-order chi connectivity index (χ0) is 13.1. The van der Waals surface area contributed by atoms with Gasteiger partial charge < -0.3 is 16.2 Å². The van der Waals surface area contributed by atoms with Crippen molar-refractivity contribution in [2.75, 3.05) is 18.6 Å². The molecule has 0 amide bonds. The number of methoxy groups -OCH3 is 1. The first kappa shape index (κ1) is 11.9. The Kier molecular flexibility index (Phi) is 3.14. The normalized spacial score (nSPS) is 10.1. The Morgan fingerprint density at radius 1 is 1.22 bits per heavy atom. The second-order valence-corrected chi connectivity index (χ2v) is 3.71. The zero-order valence-corrected chi connectivity index (χ0v) is 9.88. The lowest BCUT2D eigenvalue weighted by atomic mass is 10.0. The number of nitrogen functional groups attached to an aromatic ring is 2. The van der Waals surface area contributed by atoms with Gasteiger partial charge in [0, 0.05) is 23.6 Å². The monoisotopic (exact) mass is 243 g/mol. The van der Waals surface area contributed by atoms with Gasteiger partial charge >= 0.3 is 0 Å². The maximum Gasteiger partial charge on any atom is 0.198 e. The van der Waals surface area contributed by atoms with E-state index < -0.39 is 0 Å². The number of nitrogens with zero attached hydrogens (tertiary/aromatic N) is 1. The molecule has 0 aliphatic carbocycles. The van der Waals surface area contributed by atoms with Crippen LogP contribution in [0, 0.1) is 0 Å². The minimum atomic E-state index is -0.267. The number of ketones is 1. The van der Waals surface area contributed by atoms with Crippen LogP contribution >= 0.6 is 0 Å². The smallest absolute Gasteiger partial charge is 0.198 e. The van der Waals surface area contributed by atoms with Gasteiger partial charge in [0.05, 0.1) is 18.4 Å². The van der Waals surface area contributed by atoms with E-state index in [0.29, 0.717) is 28.3 Å². The van der Waals surface area contributed by atoms with Gasteiger partial charge in [0.25, 0.3) is 0 Å². The maximum absolute atomic E-state index is 12.3. The van der Waals surface area contributed by atoms with Crippen molar-refractivity contribution >= 4 is 17.2 Å². The molecule has 0 radical (unpaired) electrons. The minimum Gasteiger partial charge on any atom is -0.495 e. The first-order valence-corrected chi connectivity index (χ1v) is 5.31. The summed E-state index contributed by atoms with van der Waals surface area (Å²) in [4.78, 5) is 16.2. The van der Waals surface area contributed by atoms with Gasteiger partial charge in [-0.1, -0.05) is 6.07 Å². The van der Waals surface area contributed by atoms with Crippen molar-refractivity contribution < 1.29 is 9.53 Å². The molecule has 2 rings (SSSR count). The molecule has 0 aliphatic heterocycles. The van der Waals surface area contributed by atoms with Crippen LogP contribution < -0.4 is 16.2 Å². The van der Waals surface area contributed by atoms with Crippen LogP contribution in [0.3, 0.4) is 0 Å². The third-order valence-corrected chi connectivity index (χ3v) is 2.63. The lowest BCUT2D eigenvalue weighted by Crippen LogP contribution is -2.09. The molecule has 2 aromatic rings. The fourth-order valence-corrected chi connectivity index (χ4v) is 1.66. The van der Waals surface area contributed by atoms with E-state index in [-0.39, 0.29) is 5.78 Å². The molecule has 5 nitrogen and oxygen atoms in total. The molecule has 18 heavy (non-hydrogen) atoms. The summed E-state index contributed by atoms with van der Waals surface area (Å²) in [6.45, 7) is 0. The highest BCUT2D eigenvalue weighted by atomic mass is 16.5. The summed E-state index contributed by atoms with van der Waals surface area (Å²) in [6.07, 6.45) is 2.96. The standard InChI is InChI=1S/C13H13N3O2/c1-18-11-4-2-3-8(12(11)15)13(17)9-7-16-6-5-10(9)14/h2-7H,15H2,1H3,(H2,14,16). The Bertz CT molecular complexity index is 597. The van der Waals surface area contributed by atoms with Gasteiger partial charge in [0.2, 0.25) is 0 Å². The molecule has 1 aromatic carbocycles. The number of anilines is 2. The molecule has 5 heteroatoms. The van der Waals surface area contributed by atoms with Crippen molar-refractivity contribution in [2.45, 2.75) is 0 Å². The van der Waals surface area contributed by atoms with Crippen LogP contribution in [-0.2, 0) is 0 Å². The van der Waals surface area contributed by atoms with Gasteiger partial charge in [-0.25, -0.2) is 0 Å². The predicted molar refractivity (Wildman–Crippen MR) is 69.5 cm³/mol. The molecule has 0 spiro atoms. The number of nitrogens with two attached hydrogens (primary N) is 2. The van der Waals surface area contributed by atoms with Crippen LogP contribution in [0.1, 0.15) is 15.9 Å². The van der Waals surface area contributed by atoms with E-state index in [9.17, 15) is 4.79 Å². The van der Waals surface area contributed by atoms with Crippen molar-refractivity contribution in [2.24, 2.45) is 0 Å². The van der Waals surface area contributed by atoms with Crippen LogP contribution in [0.15, 0.2) is 36.7 Å². The first-order chi connectivity index (χ1) is 8.65. The van der Waals surface area contributed by atoms with Crippen LogP contribution in [0.5, 0.6) is 5.75 Å². The summed E-state index contributed by atoms with van der Waals surface area (Å²) in [7, 11) is 1.50. The van der Waals surface area contributed by atoms with Gasteiger partial charge in [0.15, 0.2) is 5.78 Å². The average molecular weight is 243 g/mol. The number of hydrogen-bond donors (Lipinski definition) is 2. The van der Waals surface area contributed by atoms with Crippen LogP contribution in [0.25, 0.3) is 0 Å². The van der Waals surface area contributed by atoms with E-state index in [1.54, 1.807) is 24.3 Å². The highest BCUT2D eigenvalue weighted by Gasteiger charge is 2.17. The lowest BCUT2D eigenvalue weighted by molar-refractivity contribution is 0.104. The Balaban J connectivity index is 2.50. The number of aromatic nitrogens is 1. The minimum absolute atomic E-state index is 0.267. The number of hydrogen-bond acceptors (Lipinski definition) is 5. The summed E-state index contributed by atoms with van der Waals surface area (Å²) < 4.78 is 5.08. The number of para-hydroxylation sites is 1. The molecule has 1 aromatic heterocycles. The van der Waals surface area contributed by atoms with Crippen molar-refractivity contribution in [3.8, 4) is 5.75 Å². The Hall–Kier alpha value is -2.56. The van der Waals surface area contributed by atoms with Gasteiger partial charge in [-0.15, -0.1) is 0 Å². The third kappa shape index (κ3) is 1.98. The second-order valence-electron chi connectivity index (χ2n) is 3.71. The largest absolute Gasteiger partial charge is 0.495 e. The molecule has 0 bridgehead atoms. The summed E-state index contributed by atoms with van der Waals surface area (Å²) in [6, 6.07) is 6.60. The van der Waals surface area contributed by atoms with Crippen molar-refractivity contribution in [3.63, 3.8) is 0 Å². The molecule has 0 saturated heterocycles. The van der Waals surface area contributed by atoms with Gasteiger partial charge in [-0.05, 0) is 18.2 Å². The Morgan fingerprint density at radius 2 is 2.00 bits per heavy atom. The topological polar surface area (TPSA) is 91.2 Å². The average Bonchev–Trinajstić information content (AvgIpc) is 2.39. The molecule has 4 N–H and O–H groups in total. The number of carbonyl (C=O) groups excluding carboxylic acids is 1. The summed E-state index contributed by atoms with van der Waals surface area (Å²) in [5.74, 6) is 0.195. The van der Waals surface area contributed by atoms with Crippen molar-refractivity contribution in [1.29, 1.82) is 0 Å². The van der Waals surface area contributed by atoms with E-state index in [1.165, 1.54) is 19.5 Å².